The molecule has 4 N–H and O–H groups in total. The maximum absolute atomic E-state index is 12.3. The third-order valence-electron chi connectivity index (χ3n) is 2.98. The summed E-state index contributed by atoms with van der Waals surface area (Å²) in [6.45, 7) is 0. The molecule has 0 aliphatic carbocycles. The van der Waals surface area contributed by atoms with Crippen LogP contribution in [0.3, 0.4) is 0 Å². The maximum atomic E-state index is 12.3. The van der Waals surface area contributed by atoms with Crippen molar-refractivity contribution in [2.45, 2.75) is 0 Å². The zero-order valence-electron chi connectivity index (χ0n) is 10.4. The highest BCUT2D eigenvalue weighted by molar-refractivity contribution is 9.10. The fourth-order valence-corrected chi connectivity index (χ4v) is 2.35. The van der Waals surface area contributed by atoms with Crippen molar-refractivity contribution >= 4 is 44.1 Å². The minimum Gasteiger partial charge on any atom is -0.398 e. The molecule has 0 unspecified atom stereocenters. The average molecular weight is 331 g/mol. The number of carbonyl (C=O) groups is 1. The van der Waals surface area contributed by atoms with Gasteiger partial charge in [-0.1, -0.05) is 28.1 Å². The molecule has 100 valence electrons. The third-order valence-corrected chi connectivity index (χ3v) is 3.48. The van der Waals surface area contributed by atoms with Gasteiger partial charge in [-0.05, 0) is 24.3 Å². The lowest BCUT2D eigenvalue weighted by Gasteiger charge is -2.08. The van der Waals surface area contributed by atoms with Gasteiger partial charge >= 0.3 is 0 Å². The van der Waals surface area contributed by atoms with E-state index in [0.717, 1.165) is 15.4 Å². The molecule has 3 aromatic rings. The highest BCUT2D eigenvalue weighted by Crippen LogP contribution is 2.23. The van der Waals surface area contributed by atoms with Crippen LogP contribution in [0, 0.1) is 0 Å². The number of nitrogen functional groups attached to an aromatic ring is 1. The van der Waals surface area contributed by atoms with Crippen LogP contribution in [0.5, 0.6) is 0 Å². The van der Waals surface area contributed by atoms with Crippen molar-refractivity contribution in [3.8, 4) is 0 Å². The molecule has 3 rings (SSSR count). The number of aromatic amines is 1. The summed E-state index contributed by atoms with van der Waals surface area (Å²) in [4.78, 5) is 12.3. The Hall–Kier alpha value is -2.34. The second-order valence-electron chi connectivity index (χ2n) is 4.33. The van der Waals surface area contributed by atoms with Crippen molar-refractivity contribution in [2.75, 3.05) is 11.1 Å². The van der Waals surface area contributed by atoms with E-state index in [1.54, 1.807) is 24.4 Å². The van der Waals surface area contributed by atoms with Gasteiger partial charge in [-0.25, -0.2) is 0 Å². The molecule has 0 aliphatic heterocycles. The fraction of sp³-hybridized carbons (Fsp3) is 0. The first-order valence-electron chi connectivity index (χ1n) is 5.93. The van der Waals surface area contributed by atoms with Gasteiger partial charge in [0.1, 0.15) is 0 Å². The first-order valence-corrected chi connectivity index (χ1v) is 6.73. The smallest absolute Gasteiger partial charge is 0.257 e. The van der Waals surface area contributed by atoms with Gasteiger partial charge in [-0.2, -0.15) is 5.10 Å². The van der Waals surface area contributed by atoms with Crippen LogP contribution in [0.25, 0.3) is 10.9 Å². The number of hydrogen-bond donors (Lipinski definition) is 3. The molecule has 1 amide bonds. The SMILES string of the molecule is Nc1ccc(Br)cc1C(=O)Nc1cccc2cn[nH]c12. The van der Waals surface area contributed by atoms with E-state index in [1.807, 2.05) is 18.2 Å². The molecule has 0 aliphatic rings. The van der Waals surface area contributed by atoms with Crippen LogP contribution >= 0.6 is 15.9 Å². The summed E-state index contributed by atoms with van der Waals surface area (Å²) < 4.78 is 0.802. The number of nitrogens with two attached hydrogens (primary N) is 1. The van der Waals surface area contributed by atoms with Crippen LogP contribution in [0.15, 0.2) is 47.1 Å². The number of nitrogens with one attached hydrogen (secondary N) is 2. The third kappa shape index (κ3) is 2.25. The van der Waals surface area contributed by atoms with E-state index in [9.17, 15) is 4.79 Å². The number of fused-ring (bicyclic) bond motifs is 1. The molecule has 1 heterocycles. The molecule has 0 saturated heterocycles. The first kappa shape index (κ1) is 12.7. The number of halogens is 1. The van der Waals surface area contributed by atoms with Crippen molar-refractivity contribution in [1.29, 1.82) is 0 Å². The highest BCUT2D eigenvalue weighted by atomic mass is 79.9. The molecule has 1 aromatic heterocycles. The van der Waals surface area contributed by atoms with Gasteiger partial charge in [0.25, 0.3) is 5.91 Å². The average Bonchev–Trinajstić information content (AvgIpc) is 2.91. The largest absolute Gasteiger partial charge is 0.398 e. The van der Waals surface area contributed by atoms with Crippen molar-refractivity contribution in [1.82, 2.24) is 10.2 Å². The van der Waals surface area contributed by atoms with E-state index in [-0.39, 0.29) is 5.91 Å². The van der Waals surface area contributed by atoms with Gasteiger partial charge < -0.3 is 11.1 Å². The Bertz CT molecular complexity index is 797. The summed E-state index contributed by atoms with van der Waals surface area (Å²) in [5, 5.41) is 10.6. The Morgan fingerprint density at radius 3 is 3.00 bits per heavy atom. The van der Waals surface area contributed by atoms with E-state index in [1.165, 1.54) is 0 Å². The Labute approximate surface area is 123 Å². The number of amides is 1. The van der Waals surface area contributed by atoms with E-state index >= 15 is 0 Å². The van der Waals surface area contributed by atoms with Gasteiger partial charge in [0.2, 0.25) is 0 Å². The maximum Gasteiger partial charge on any atom is 0.257 e. The summed E-state index contributed by atoms with van der Waals surface area (Å²) in [5.41, 5.74) is 8.15. The zero-order valence-corrected chi connectivity index (χ0v) is 11.9. The number of nitrogens with zero attached hydrogens (tertiary/aromatic N) is 1. The van der Waals surface area contributed by atoms with Crippen LogP contribution in [0.4, 0.5) is 11.4 Å². The molecular weight excluding hydrogens is 320 g/mol. The van der Waals surface area contributed by atoms with E-state index in [4.69, 9.17) is 5.73 Å². The predicted octanol–water partition coefficient (Wildman–Crippen LogP) is 3.16. The molecule has 0 radical (unpaired) electrons. The summed E-state index contributed by atoms with van der Waals surface area (Å²) in [5.74, 6) is -0.258. The summed E-state index contributed by atoms with van der Waals surface area (Å²) in [6, 6.07) is 10.8. The number of rotatable bonds is 2. The Morgan fingerprint density at radius 1 is 1.30 bits per heavy atom. The number of benzene rings is 2. The number of anilines is 2. The molecule has 0 saturated carbocycles. The van der Waals surface area contributed by atoms with Crippen molar-refractivity contribution in [3.63, 3.8) is 0 Å². The highest BCUT2D eigenvalue weighted by Gasteiger charge is 2.12. The number of hydrogen-bond acceptors (Lipinski definition) is 3. The molecule has 0 spiro atoms. The van der Waals surface area contributed by atoms with Crippen LogP contribution in [-0.4, -0.2) is 16.1 Å². The molecule has 0 bridgehead atoms. The summed E-state index contributed by atoms with van der Waals surface area (Å²) in [6.07, 6.45) is 1.71. The normalized spacial score (nSPS) is 10.7. The summed E-state index contributed by atoms with van der Waals surface area (Å²) in [7, 11) is 0. The van der Waals surface area contributed by atoms with Gasteiger partial charge in [-0.3, -0.25) is 9.89 Å². The lowest BCUT2D eigenvalue weighted by Crippen LogP contribution is -2.14. The van der Waals surface area contributed by atoms with Crippen LogP contribution in [0.1, 0.15) is 10.4 Å². The summed E-state index contributed by atoms with van der Waals surface area (Å²) >= 11 is 3.33. The minimum atomic E-state index is -0.258. The molecule has 2 aromatic carbocycles. The van der Waals surface area contributed by atoms with E-state index in [2.05, 4.69) is 31.4 Å². The second-order valence-corrected chi connectivity index (χ2v) is 5.24. The number of carbonyl (C=O) groups excluding carboxylic acids is 1. The molecule has 5 nitrogen and oxygen atoms in total. The van der Waals surface area contributed by atoms with Crippen molar-refractivity contribution < 1.29 is 4.79 Å². The molecular formula is C14H11BrN4O. The Morgan fingerprint density at radius 2 is 2.15 bits per heavy atom. The van der Waals surface area contributed by atoms with Crippen LogP contribution < -0.4 is 11.1 Å². The Balaban J connectivity index is 1.96. The molecule has 6 heteroatoms. The van der Waals surface area contributed by atoms with Crippen LogP contribution in [-0.2, 0) is 0 Å². The first-order chi connectivity index (χ1) is 9.65. The molecule has 20 heavy (non-hydrogen) atoms. The Kier molecular flexibility index (Phi) is 3.15. The lowest BCUT2D eigenvalue weighted by molar-refractivity contribution is 0.102. The van der Waals surface area contributed by atoms with Gasteiger partial charge in [-0.15, -0.1) is 0 Å². The predicted molar refractivity (Wildman–Crippen MR) is 82.6 cm³/mol. The molecule has 0 atom stereocenters. The van der Waals surface area contributed by atoms with Gasteiger partial charge in [0, 0.05) is 15.5 Å². The van der Waals surface area contributed by atoms with Crippen LogP contribution in [0.2, 0.25) is 0 Å². The topological polar surface area (TPSA) is 83.8 Å². The minimum absolute atomic E-state index is 0.258. The standard InChI is InChI=1S/C14H11BrN4O/c15-9-4-5-11(16)10(6-9)14(20)18-12-3-1-2-8-7-17-19-13(8)12/h1-7H,16H2,(H,17,19)(H,18,20). The van der Waals surface area contributed by atoms with Gasteiger partial charge in [0.15, 0.2) is 0 Å². The zero-order chi connectivity index (χ0) is 14.1. The monoisotopic (exact) mass is 330 g/mol. The number of H-pyrrole nitrogens is 1. The number of para-hydroxylation sites is 1. The quantitative estimate of drug-likeness (QED) is 0.631. The fourth-order valence-electron chi connectivity index (χ4n) is 1.99. The van der Waals surface area contributed by atoms with Gasteiger partial charge in [0.05, 0.1) is 23.0 Å². The van der Waals surface area contributed by atoms with E-state index in [0.29, 0.717) is 16.9 Å². The van der Waals surface area contributed by atoms with E-state index < -0.39 is 0 Å². The number of aromatic nitrogens is 2. The second kappa shape index (κ2) is 4.97. The molecule has 0 fully saturated rings. The van der Waals surface area contributed by atoms with Crippen molar-refractivity contribution in [2.24, 2.45) is 0 Å². The van der Waals surface area contributed by atoms with Crippen molar-refractivity contribution in [3.05, 3.63) is 52.6 Å². The lowest BCUT2D eigenvalue weighted by atomic mass is 10.1.